The molecular formula is C21H28O3. The van der Waals surface area contributed by atoms with Crippen molar-refractivity contribution in [1.82, 2.24) is 0 Å². The van der Waals surface area contributed by atoms with Gasteiger partial charge in [0.2, 0.25) is 0 Å². The second kappa shape index (κ2) is 4.23. The molecule has 24 heavy (non-hydrogen) atoms. The average Bonchev–Trinajstić information content (AvgIpc) is 3.10. The Morgan fingerprint density at radius 1 is 1.12 bits per heavy atom. The molecule has 130 valence electrons. The summed E-state index contributed by atoms with van der Waals surface area (Å²) in [5.41, 5.74) is 1.43. The summed E-state index contributed by atoms with van der Waals surface area (Å²) in [4.78, 5) is 24.2. The molecule has 0 radical (unpaired) electrons. The van der Waals surface area contributed by atoms with Gasteiger partial charge in [-0.3, -0.25) is 9.59 Å². The molecular weight excluding hydrogens is 300 g/mol. The second-order valence-electron chi connectivity index (χ2n) is 9.59. The molecule has 3 nitrogen and oxygen atoms in total. The van der Waals surface area contributed by atoms with Crippen molar-refractivity contribution >= 4 is 11.6 Å². The van der Waals surface area contributed by atoms with Crippen LogP contribution < -0.4 is 0 Å². The number of ketones is 2. The lowest BCUT2D eigenvalue weighted by molar-refractivity contribution is -0.126. The van der Waals surface area contributed by atoms with Gasteiger partial charge < -0.3 is 4.74 Å². The summed E-state index contributed by atoms with van der Waals surface area (Å²) in [7, 11) is 0. The molecule has 4 fully saturated rings. The summed E-state index contributed by atoms with van der Waals surface area (Å²) < 4.78 is 6.77. The Kier molecular flexibility index (Phi) is 2.70. The van der Waals surface area contributed by atoms with Gasteiger partial charge in [0.1, 0.15) is 17.0 Å². The first-order chi connectivity index (χ1) is 11.3. The molecule has 0 N–H and O–H groups in total. The van der Waals surface area contributed by atoms with Crippen LogP contribution in [0.15, 0.2) is 11.6 Å². The zero-order valence-corrected chi connectivity index (χ0v) is 15.1. The molecule has 0 aromatic carbocycles. The second-order valence-corrected chi connectivity index (χ2v) is 9.59. The van der Waals surface area contributed by atoms with Crippen LogP contribution >= 0.6 is 0 Å². The average molecular weight is 328 g/mol. The first kappa shape index (κ1) is 15.3. The van der Waals surface area contributed by atoms with Crippen molar-refractivity contribution < 1.29 is 14.3 Å². The summed E-state index contributed by atoms with van der Waals surface area (Å²) in [6.07, 6.45) is 9.93. The lowest BCUT2D eigenvalue weighted by atomic mass is 9.46. The van der Waals surface area contributed by atoms with Gasteiger partial charge in [0.05, 0.1) is 0 Å². The van der Waals surface area contributed by atoms with Crippen LogP contribution in [0.1, 0.15) is 72.1 Å². The topological polar surface area (TPSA) is 46.7 Å². The van der Waals surface area contributed by atoms with E-state index >= 15 is 0 Å². The molecule has 0 aromatic heterocycles. The minimum atomic E-state index is -0.0549. The highest BCUT2D eigenvalue weighted by atomic mass is 16.6. The first-order valence-electron chi connectivity index (χ1n) is 9.74. The SMILES string of the molecule is CC(=O)C1CCC2C1(C)CC[C@@]13O[C@@]21CCC1=CC(=O)CCC13C. The van der Waals surface area contributed by atoms with Crippen LogP contribution in [-0.4, -0.2) is 22.8 Å². The van der Waals surface area contributed by atoms with Crippen LogP contribution in [0.25, 0.3) is 0 Å². The molecule has 6 atom stereocenters. The zero-order chi connectivity index (χ0) is 17.0. The predicted octanol–water partition coefficient (Wildman–Crippen LogP) is 4.00. The van der Waals surface area contributed by atoms with E-state index in [1.54, 1.807) is 6.92 Å². The van der Waals surface area contributed by atoms with Gasteiger partial charge >= 0.3 is 0 Å². The quantitative estimate of drug-likeness (QED) is 0.684. The number of epoxide rings is 1. The normalized spacial score (nSPS) is 55.0. The summed E-state index contributed by atoms with van der Waals surface area (Å²) in [5.74, 6) is 1.40. The first-order valence-corrected chi connectivity index (χ1v) is 9.74. The number of ether oxygens (including phenoxy) is 1. The maximum absolute atomic E-state index is 12.2. The molecule has 4 aliphatic carbocycles. The Labute approximate surface area is 144 Å². The number of rotatable bonds is 1. The van der Waals surface area contributed by atoms with Crippen molar-refractivity contribution in [2.75, 3.05) is 0 Å². The molecule has 3 heteroatoms. The lowest BCUT2D eigenvalue weighted by Gasteiger charge is -2.53. The van der Waals surface area contributed by atoms with Gasteiger partial charge in [0, 0.05) is 17.8 Å². The minimum absolute atomic E-state index is 0.0172. The van der Waals surface area contributed by atoms with Gasteiger partial charge in [-0.25, -0.2) is 0 Å². The van der Waals surface area contributed by atoms with Gasteiger partial charge in [-0.15, -0.1) is 0 Å². The van der Waals surface area contributed by atoms with Crippen molar-refractivity contribution in [2.24, 2.45) is 22.7 Å². The van der Waals surface area contributed by atoms with Crippen LogP contribution in [-0.2, 0) is 14.3 Å². The maximum Gasteiger partial charge on any atom is 0.155 e. The Hall–Kier alpha value is -0.960. The Bertz CT molecular complexity index is 693. The molecule has 1 saturated heterocycles. The van der Waals surface area contributed by atoms with Crippen LogP contribution in [0.3, 0.4) is 0 Å². The number of hydrogen-bond acceptors (Lipinski definition) is 3. The lowest BCUT2D eigenvalue weighted by Crippen LogP contribution is -2.57. The van der Waals surface area contributed by atoms with Gasteiger partial charge in [0.15, 0.2) is 5.78 Å². The Morgan fingerprint density at radius 2 is 1.92 bits per heavy atom. The van der Waals surface area contributed by atoms with Crippen molar-refractivity contribution in [2.45, 2.75) is 83.3 Å². The van der Waals surface area contributed by atoms with Gasteiger partial charge in [0.25, 0.3) is 0 Å². The van der Waals surface area contributed by atoms with Crippen LogP contribution in [0, 0.1) is 22.7 Å². The standard InChI is InChI=1S/C21H28O3/c1-13(22)16-4-5-17-18(16,2)10-11-21-19(3)8-7-15(23)12-14(19)6-9-20(17,21)24-21/h12,16-17H,4-11H2,1-3H3/t16?,17?,18?,19?,20-,21-/m0/s1. The van der Waals surface area contributed by atoms with E-state index < -0.39 is 0 Å². The van der Waals surface area contributed by atoms with E-state index in [2.05, 4.69) is 13.8 Å². The van der Waals surface area contributed by atoms with Gasteiger partial charge in [-0.1, -0.05) is 19.4 Å². The van der Waals surface area contributed by atoms with Gasteiger partial charge in [-0.2, -0.15) is 0 Å². The fourth-order valence-corrected chi connectivity index (χ4v) is 7.74. The third-order valence-electron chi connectivity index (χ3n) is 8.98. The molecule has 3 saturated carbocycles. The minimum Gasteiger partial charge on any atom is -0.361 e. The molecule has 1 aliphatic heterocycles. The molecule has 0 bridgehead atoms. The molecule has 0 spiro atoms. The van der Waals surface area contributed by atoms with E-state index in [1.807, 2.05) is 6.08 Å². The zero-order valence-electron chi connectivity index (χ0n) is 15.1. The highest BCUT2D eigenvalue weighted by molar-refractivity contribution is 5.92. The fourth-order valence-electron chi connectivity index (χ4n) is 7.74. The van der Waals surface area contributed by atoms with Crippen molar-refractivity contribution in [1.29, 1.82) is 0 Å². The van der Waals surface area contributed by atoms with E-state index in [0.29, 0.717) is 23.9 Å². The summed E-state index contributed by atoms with van der Waals surface area (Å²) in [5, 5.41) is 0. The Morgan fingerprint density at radius 3 is 2.67 bits per heavy atom. The number of hydrogen-bond donors (Lipinski definition) is 0. The highest BCUT2D eigenvalue weighted by Crippen LogP contribution is 2.80. The highest BCUT2D eigenvalue weighted by Gasteiger charge is 2.85. The number of fused-ring (bicyclic) bond motifs is 2. The van der Waals surface area contributed by atoms with E-state index in [0.717, 1.165) is 44.9 Å². The fraction of sp³-hybridized carbons (Fsp3) is 0.810. The van der Waals surface area contributed by atoms with E-state index in [4.69, 9.17) is 4.74 Å². The maximum atomic E-state index is 12.2. The third kappa shape index (κ3) is 1.42. The molecule has 5 aliphatic rings. The van der Waals surface area contributed by atoms with E-state index in [-0.39, 0.29) is 27.9 Å². The number of carbonyl (C=O) groups is 2. The van der Waals surface area contributed by atoms with E-state index in [9.17, 15) is 9.59 Å². The Balaban J connectivity index is 1.58. The largest absolute Gasteiger partial charge is 0.361 e. The van der Waals surface area contributed by atoms with Crippen molar-refractivity contribution in [3.63, 3.8) is 0 Å². The summed E-state index contributed by atoms with van der Waals surface area (Å²) in [6, 6.07) is 0. The summed E-state index contributed by atoms with van der Waals surface area (Å²) in [6.45, 7) is 6.49. The monoisotopic (exact) mass is 328 g/mol. The molecule has 0 aromatic rings. The molecule has 1 heterocycles. The van der Waals surface area contributed by atoms with Crippen LogP contribution in [0.4, 0.5) is 0 Å². The smallest absolute Gasteiger partial charge is 0.155 e. The summed E-state index contributed by atoms with van der Waals surface area (Å²) >= 11 is 0. The van der Waals surface area contributed by atoms with Crippen LogP contribution in [0.5, 0.6) is 0 Å². The van der Waals surface area contributed by atoms with E-state index in [1.165, 1.54) is 5.57 Å². The third-order valence-corrected chi connectivity index (χ3v) is 8.98. The van der Waals surface area contributed by atoms with Crippen molar-refractivity contribution in [3.8, 4) is 0 Å². The number of carbonyl (C=O) groups excluding carboxylic acids is 2. The molecule has 4 unspecified atom stereocenters. The molecule has 5 rings (SSSR count). The van der Waals surface area contributed by atoms with Crippen molar-refractivity contribution in [3.05, 3.63) is 11.6 Å². The van der Waals surface area contributed by atoms with Crippen LogP contribution in [0.2, 0.25) is 0 Å². The predicted molar refractivity (Wildman–Crippen MR) is 90.4 cm³/mol. The molecule has 0 amide bonds. The van der Waals surface area contributed by atoms with Gasteiger partial charge in [-0.05, 0) is 69.3 Å². The number of Topliss-reactive ketones (excluding diaryl/α,β-unsaturated/α-hetero) is 1.